The number of aliphatic hydroxyl groups is 1. The van der Waals surface area contributed by atoms with Gasteiger partial charge in [-0.2, -0.15) is 0 Å². The van der Waals surface area contributed by atoms with Gasteiger partial charge in [-0.25, -0.2) is 13.1 Å². The standard InChI is InChI=1S/C12H17BrClNO5S/c1-19-12-10(13)7-9(14)8-11(12)21(17,18)15-3-2-5-20-6-4-16/h7-8,15-16H,2-6H2,1H3. The van der Waals surface area contributed by atoms with Gasteiger partial charge in [0.25, 0.3) is 0 Å². The van der Waals surface area contributed by atoms with E-state index in [1.54, 1.807) is 6.07 Å². The van der Waals surface area contributed by atoms with E-state index in [0.717, 1.165) is 0 Å². The molecule has 0 aliphatic carbocycles. The van der Waals surface area contributed by atoms with E-state index in [2.05, 4.69) is 20.7 Å². The van der Waals surface area contributed by atoms with Crippen LogP contribution in [0, 0.1) is 0 Å². The second kappa shape index (κ2) is 8.92. The molecular formula is C12H17BrClNO5S. The Kier molecular flexibility index (Phi) is 7.93. The van der Waals surface area contributed by atoms with Crippen LogP contribution in [0.5, 0.6) is 5.75 Å². The lowest BCUT2D eigenvalue weighted by Gasteiger charge is -2.12. The first kappa shape index (κ1) is 18.7. The van der Waals surface area contributed by atoms with Gasteiger partial charge in [0.2, 0.25) is 10.0 Å². The second-order valence-electron chi connectivity index (χ2n) is 4.01. The first-order valence-electron chi connectivity index (χ1n) is 6.13. The molecule has 21 heavy (non-hydrogen) atoms. The molecule has 1 aromatic carbocycles. The Bertz CT molecular complexity index is 567. The molecule has 6 nitrogen and oxygen atoms in total. The highest BCUT2D eigenvalue weighted by Gasteiger charge is 2.22. The first-order valence-corrected chi connectivity index (χ1v) is 8.79. The number of hydrogen-bond donors (Lipinski definition) is 2. The Labute approximate surface area is 137 Å². The molecule has 0 saturated heterocycles. The van der Waals surface area contributed by atoms with E-state index in [1.165, 1.54) is 13.2 Å². The van der Waals surface area contributed by atoms with E-state index in [-0.39, 0.29) is 35.4 Å². The van der Waals surface area contributed by atoms with Crippen molar-refractivity contribution in [2.45, 2.75) is 11.3 Å². The third-order valence-electron chi connectivity index (χ3n) is 2.46. The normalized spacial score (nSPS) is 11.6. The molecule has 0 saturated carbocycles. The van der Waals surface area contributed by atoms with Gasteiger partial charge >= 0.3 is 0 Å². The van der Waals surface area contributed by atoms with Gasteiger partial charge in [-0.3, -0.25) is 0 Å². The minimum Gasteiger partial charge on any atom is -0.494 e. The average Bonchev–Trinajstić information content (AvgIpc) is 2.42. The van der Waals surface area contributed by atoms with Crippen molar-refractivity contribution >= 4 is 37.6 Å². The predicted molar refractivity (Wildman–Crippen MR) is 83.4 cm³/mol. The molecule has 0 aliphatic rings. The van der Waals surface area contributed by atoms with Crippen molar-refractivity contribution in [1.29, 1.82) is 0 Å². The Morgan fingerprint density at radius 3 is 2.71 bits per heavy atom. The zero-order chi connectivity index (χ0) is 15.9. The fraction of sp³-hybridized carbons (Fsp3) is 0.500. The van der Waals surface area contributed by atoms with Crippen LogP contribution in [0.3, 0.4) is 0 Å². The van der Waals surface area contributed by atoms with Gasteiger partial charge in [-0.1, -0.05) is 11.6 Å². The summed E-state index contributed by atoms with van der Waals surface area (Å²) in [4.78, 5) is -0.0272. The maximum Gasteiger partial charge on any atom is 0.244 e. The minimum atomic E-state index is -3.74. The first-order chi connectivity index (χ1) is 9.92. The number of sulfonamides is 1. The van der Waals surface area contributed by atoms with Gasteiger partial charge < -0.3 is 14.6 Å². The van der Waals surface area contributed by atoms with Crippen LogP contribution in [0.25, 0.3) is 0 Å². The molecule has 0 aliphatic heterocycles. The Morgan fingerprint density at radius 1 is 1.38 bits per heavy atom. The number of nitrogens with one attached hydrogen (secondary N) is 1. The molecular weight excluding hydrogens is 386 g/mol. The van der Waals surface area contributed by atoms with Crippen LogP contribution in [-0.4, -0.2) is 47.0 Å². The lowest BCUT2D eigenvalue weighted by molar-refractivity contribution is 0.0913. The van der Waals surface area contributed by atoms with Gasteiger partial charge in [-0.15, -0.1) is 0 Å². The molecule has 0 fully saturated rings. The number of hydrogen-bond acceptors (Lipinski definition) is 5. The monoisotopic (exact) mass is 401 g/mol. The van der Waals surface area contributed by atoms with Crippen molar-refractivity contribution in [3.63, 3.8) is 0 Å². The highest BCUT2D eigenvalue weighted by molar-refractivity contribution is 9.10. The molecule has 120 valence electrons. The second-order valence-corrected chi connectivity index (χ2v) is 7.03. The zero-order valence-electron chi connectivity index (χ0n) is 11.4. The highest BCUT2D eigenvalue weighted by Crippen LogP contribution is 2.35. The third kappa shape index (κ3) is 5.72. The summed E-state index contributed by atoms with van der Waals surface area (Å²) in [5, 5.41) is 8.83. The summed E-state index contributed by atoms with van der Waals surface area (Å²) >= 11 is 9.10. The van der Waals surface area contributed by atoms with Crippen LogP contribution in [0.2, 0.25) is 5.02 Å². The number of aliphatic hydroxyl groups excluding tert-OH is 1. The lowest BCUT2D eigenvalue weighted by atomic mass is 10.3. The predicted octanol–water partition coefficient (Wildman–Crippen LogP) is 1.79. The van der Waals surface area contributed by atoms with Gasteiger partial charge in [0.15, 0.2) is 5.75 Å². The fourth-order valence-corrected chi connectivity index (χ4v) is 4.02. The molecule has 1 rings (SSSR count). The molecule has 0 unspecified atom stereocenters. The van der Waals surface area contributed by atoms with Gasteiger partial charge in [0.05, 0.1) is 24.8 Å². The maximum atomic E-state index is 12.3. The zero-order valence-corrected chi connectivity index (χ0v) is 14.6. The Balaban J connectivity index is 2.74. The molecule has 0 atom stereocenters. The maximum absolute atomic E-state index is 12.3. The van der Waals surface area contributed by atoms with E-state index in [1.807, 2.05) is 0 Å². The van der Waals surface area contributed by atoms with Crippen molar-refractivity contribution in [3.8, 4) is 5.75 Å². The molecule has 0 radical (unpaired) electrons. The third-order valence-corrected chi connectivity index (χ3v) is 4.73. The van der Waals surface area contributed by atoms with Crippen molar-refractivity contribution in [3.05, 3.63) is 21.6 Å². The number of ether oxygens (including phenoxy) is 2. The van der Waals surface area contributed by atoms with Crippen molar-refractivity contribution < 1.29 is 23.0 Å². The van der Waals surface area contributed by atoms with Crippen molar-refractivity contribution in [1.82, 2.24) is 4.72 Å². The van der Waals surface area contributed by atoms with Gasteiger partial charge in [-0.05, 0) is 34.5 Å². The molecule has 2 N–H and O–H groups in total. The summed E-state index contributed by atoms with van der Waals surface area (Å²) in [6.45, 7) is 0.752. The van der Waals surface area contributed by atoms with Crippen molar-refractivity contribution in [2.75, 3.05) is 33.5 Å². The smallest absolute Gasteiger partial charge is 0.244 e. The molecule has 9 heteroatoms. The summed E-state index contributed by atoms with van der Waals surface area (Å²) in [6.07, 6.45) is 0.489. The quantitative estimate of drug-likeness (QED) is 0.615. The van der Waals surface area contributed by atoms with E-state index >= 15 is 0 Å². The number of methoxy groups -OCH3 is 1. The van der Waals surface area contributed by atoms with Crippen LogP contribution < -0.4 is 9.46 Å². The summed E-state index contributed by atoms with van der Waals surface area (Å²) in [5.74, 6) is 0.198. The van der Waals surface area contributed by atoms with Crippen molar-refractivity contribution in [2.24, 2.45) is 0 Å². The van der Waals surface area contributed by atoms with Crippen LogP contribution in [0.1, 0.15) is 6.42 Å². The van der Waals surface area contributed by atoms with Crippen LogP contribution in [0.15, 0.2) is 21.5 Å². The van der Waals surface area contributed by atoms with Crippen LogP contribution >= 0.6 is 27.5 Å². The Hall–Kier alpha value is -0.380. The lowest BCUT2D eigenvalue weighted by Crippen LogP contribution is -2.26. The van der Waals surface area contributed by atoms with Gasteiger partial charge in [0.1, 0.15) is 4.90 Å². The molecule has 0 spiro atoms. The molecule has 0 bridgehead atoms. The molecule has 1 aromatic rings. The average molecular weight is 403 g/mol. The summed E-state index contributed by atoms with van der Waals surface area (Å²) in [7, 11) is -2.35. The van der Waals surface area contributed by atoms with Crippen LogP contribution in [0.4, 0.5) is 0 Å². The minimum absolute atomic E-state index is 0.0272. The van der Waals surface area contributed by atoms with E-state index in [0.29, 0.717) is 17.5 Å². The Morgan fingerprint density at radius 2 is 2.10 bits per heavy atom. The fourth-order valence-electron chi connectivity index (χ4n) is 1.56. The van der Waals surface area contributed by atoms with E-state index < -0.39 is 10.0 Å². The van der Waals surface area contributed by atoms with E-state index in [4.69, 9.17) is 26.2 Å². The number of benzene rings is 1. The van der Waals surface area contributed by atoms with Gasteiger partial charge in [0, 0.05) is 18.2 Å². The summed E-state index contributed by atoms with van der Waals surface area (Å²) < 4.78 is 37.6. The van der Waals surface area contributed by atoms with Crippen LogP contribution in [-0.2, 0) is 14.8 Å². The number of rotatable bonds is 9. The summed E-state index contributed by atoms with van der Waals surface area (Å²) in [5.41, 5.74) is 0. The highest BCUT2D eigenvalue weighted by atomic mass is 79.9. The SMILES string of the molecule is COc1c(Br)cc(Cl)cc1S(=O)(=O)NCCCOCCO. The van der Waals surface area contributed by atoms with E-state index in [9.17, 15) is 8.42 Å². The molecule has 0 heterocycles. The topological polar surface area (TPSA) is 84.9 Å². The summed E-state index contributed by atoms with van der Waals surface area (Å²) in [6, 6.07) is 2.89. The largest absolute Gasteiger partial charge is 0.494 e. The number of halogens is 2. The molecule has 0 aromatic heterocycles. The molecule has 0 amide bonds.